The van der Waals surface area contributed by atoms with Gasteiger partial charge in [0.2, 0.25) is 5.91 Å². The molecule has 9 nitrogen and oxygen atoms in total. The van der Waals surface area contributed by atoms with Gasteiger partial charge in [-0.15, -0.1) is 0 Å². The van der Waals surface area contributed by atoms with E-state index in [0.29, 0.717) is 0 Å². The quantitative estimate of drug-likeness (QED) is 0.397. The van der Waals surface area contributed by atoms with E-state index in [1.54, 1.807) is 6.92 Å². The first kappa shape index (κ1) is 17.8. The van der Waals surface area contributed by atoms with Crippen LogP contribution in [0.25, 0.3) is 0 Å². The van der Waals surface area contributed by atoms with Crippen LogP contribution in [0.2, 0.25) is 0 Å². The molecule has 20 heavy (non-hydrogen) atoms. The highest BCUT2D eigenvalue weighted by Gasteiger charge is 2.22. The molecule has 0 fully saturated rings. The summed E-state index contributed by atoms with van der Waals surface area (Å²) in [6.45, 7) is 0.695. The number of hydrogen-bond acceptors (Lipinski definition) is 6. The topological polar surface area (TPSA) is 148 Å². The minimum absolute atomic E-state index is 0.103. The Morgan fingerprint density at radius 1 is 1.20 bits per heavy atom. The summed E-state index contributed by atoms with van der Waals surface area (Å²) < 4.78 is 0. The smallest absolute Gasteiger partial charge is 0.317 e. The fourth-order valence-corrected chi connectivity index (χ4v) is 1.71. The minimum Gasteiger partial charge on any atom is -0.480 e. The highest BCUT2D eigenvalue weighted by molar-refractivity contribution is 5.77. The first-order valence-electron chi connectivity index (χ1n) is 5.81. The van der Waals surface area contributed by atoms with Gasteiger partial charge in [0.25, 0.3) is 0 Å². The maximum Gasteiger partial charge on any atom is 0.317 e. The van der Waals surface area contributed by atoms with Crippen molar-refractivity contribution in [2.45, 2.75) is 13.0 Å². The number of carboxylic acids is 2. The third kappa shape index (κ3) is 8.02. The lowest BCUT2D eigenvalue weighted by molar-refractivity contribution is -0.141. The van der Waals surface area contributed by atoms with E-state index in [9.17, 15) is 14.4 Å². The molecular formula is C11H18N4O5. The second-order valence-electron chi connectivity index (χ2n) is 4.34. The molecule has 0 unspecified atom stereocenters. The fourth-order valence-electron chi connectivity index (χ4n) is 1.71. The van der Waals surface area contributed by atoms with E-state index >= 15 is 0 Å². The summed E-state index contributed by atoms with van der Waals surface area (Å²) in [5.41, 5.74) is 5.04. The molecule has 0 bridgehead atoms. The Hall–Kier alpha value is -2.18. The molecule has 0 rings (SSSR count). The van der Waals surface area contributed by atoms with Crippen LogP contribution in [0.5, 0.6) is 0 Å². The van der Waals surface area contributed by atoms with Crippen molar-refractivity contribution in [1.82, 2.24) is 9.80 Å². The number of primary amides is 1. The van der Waals surface area contributed by atoms with Gasteiger partial charge in [-0.2, -0.15) is 5.26 Å². The van der Waals surface area contributed by atoms with Crippen molar-refractivity contribution in [3.8, 4) is 6.07 Å². The van der Waals surface area contributed by atoms with Crippen LogP contribution >= 0.6 is 0 Å². The van der Waals surface area contributed by atoms with Crippen molar-refractivity contribution in [1.29, 1.82) is 5.26 Å². The van der Waals surface area contributed by atoms with Crippen LogP contribution in [0.15, 0.2) is 0 Å². The lowest BCUT2D eigenvalue weighted by Gasteiger charge is -2.30. The predicted molar refractivity (Wildman–Crippen MR) is 67.6 cm³/mol. The number of nitrogens with zero attached hydrogens (tertiary/aromatic N) is 3. The van der Waals surface area contributed by atoms with Crippen LogP contribution in [0.3, 0.4) is 0 Å². The summed E-state index contributed by atoms with van der Waals surface area (Å²) in [4.78, 5) is 35.0. The van der Waals surface area contributed by atoms with E-state index in [4.69, 9.17) is 21.2 Å². The third-order valence-electron chi connectivity index (χ3n) is 2.50. The molecule has 0 aliphatic rings. The van der Waals surface area contributed by atoms with Gasteiger partial charge in [0, 0.05) is 12.6 Å². The molecule has 0 heterocycles. The Balaban J connectivity index is 4.71. The Kier molecular flexibility index (Phi) is 7.88. The van der Waals surface area contributed by atoms with Crippen molar-refractivity contribution in [2.75, 3.05) is 32.7 Å². The van der Waals surface area contributed by atoms with Gasteiger partial charge in [-0.3, -0.25) is 24.2 Å². The van der Waals surface area contributed by atoms with Crippen molar-refractivity contribution < 1.29 is 24.6 Å². The van der Waals surface area contributed by atoms with Gasteiger partial charge in [-0.25, -0.2) is 0 Å². The standard InChI is InChI=1S/C11H18N4O5/c1-8(4-14(3-2-12)6-10(17)18)15(5-9(13)16)7-11(19)20/h8H,3-7H2,1H3,(H2,13,16)(H,17,18)(H,19,20)/t8-/m0/s1. The summed E-state index contributed by atoms with van der Waals surface area (Å²) in [5, 5.41) is 26.1. The molecule has 1 amide bonds. The van der Waals surface area contributed by atoms with Crippen LogP contribution in [0, 0.1) is 11.3 Å². The molecule has 0 saturated carbocycles. The molecule has 0 aromatic carbocycles. The number of amides is 1. The summed E-state index contributed by atoms with van der Waals surface area (Å²) in [6, 6.07) is 1.40. The molecule has 0 aromatic rings. The SMILES string of the molecule is C[C@@H](CN(CC#N)CC(=O)O)N(CC(N)=O)CC(=O)O. The van der Waals surface area contributed by atoms with Gasteiger partial charge >= 0.3 is 11.9 Å². The largest absolute Gasteiger partial charge is 0.480 e. The number of aliphatic carboxylic acids is 2. The van der Waals surface area contributed by atoms with E-state index in [1.807, 2.05) is 6.07 Å². The molecule has 0 aliphatic carbocycles. The van der Waals surface area contributed by atoms with Crippen molar-refractivity contribution >= 4 is 17.8 Å². The zero-order valence-electron chi connectivity index (χ0n) is 11.2. The monoisotopic (exact) mass is 286 g/mol. The van der Waals surface area contributed by atoms with Crippen molar-refractivity contribution in [2.24, 2.45) is 5.73 Å². The average Bonchev–Trinajstić information content (AvgIpc) is 2.26. The lowest BCUT2D eigenvalue weighted by atomic mass is 10.2. The highest BCUT2D eigenvalue weighted by atomic mass is 16.4. The molecule has 4 N–H and O–H groups in total. The highest BCUT2D eigenvalue weighted by Crippen LogP contribution is 2.02. The van der Waals surface area contributed by atoms with Crippen molar-refractivity contribution in [3.05, 3.63) is 0 Å². The van der Waals surface area contributed by atoms with Gasteiger partial charge in [0.15, 0.2) is 0 Å². The zero-order chi connectivity index (χ0) is 15.7. The van der Waals surface area contributed by atoms with Gasteiger partial charge in [0.05, 0.1) is 32.2 Å². The first-order chi connectivity index (χ1) is 9.26. The number of hydrogen-bond donors (Lipinski definition) is 3. The van der Waals surface area contributed by atoms with Crippen LogP contribution in [0.4, 0.5) is 0 Å². The maximum atomic E-state index is 10.9. The molecule has 0 saturated heterocycles. The van der Waals surface area contributed by atoms with E-state index in [0.717, 1.165) is 0 Å². The van der Waals surface area contributed by atoms with Crippen LogP contribution in [-0.4, -0.2) is 76.6 Å². The Morgan fingerprint density at radius 3 is 2.15 bits per heavy atom. The minimum atomic E-state index is -1.12. The van der Waals surface area contributed by atoms with Crippen molar-refractivity contribution in [3.63, 3.8) is 0 Å². The fraction of sp³-hybridized carbons (Fsp3) is 0.636. The van der Waals surface area contributed by atoms with Crippen LogP contribution < -0.4 is 5.73 Å². The number of rotatable bonds is 10. The summed E-state index contributed by atoms with van der Waals surface area (Å²) in [6.07, 6.45) is 0. The Bertz CT molecular complexity index is 390. The zero-order valence-corrected chi connectivity index (χ0v) is 11.2. The second-order valence-corrected chi connectivity index (χ2v) is 4.34. The van der Waals surface area contributed by atoms with Gasteiger partial charge in [-0.1, -0.05) is 0 Å². The maximum absolute atomic E-state index is 10.9. The van der Waals surface area contributed by atoms with E-state index in [1.165, 1.54) is 9.80 Å². The van der Waals surface area contributed by atoms with Crippen LogP contribution in [0.1, 0.15) is 6.92 Å². The van der Waals surface area contributed by atoms with Gasteiger partial charge < -0.3 is 15.9 Å². The molecule has 112 valence electrons. The number of carbonyl (C=O) groups is 3. The summed E-state index contributed by atoms with van der Waals surface area (Å²) >= 11 is 0. The summed E-state index contributed by atoms with van der Waals surface area (Å²) in [5.74, 6) is -2.89. The lowest BCUT2D eigenvalue weighted by Crippen LogP contribution is -2.48. The van der Waals surface area contributed by atoms with E-state index in [2.05, 4.69) is 0 Å². The molecular weight excluding hydrogens is 268 g/mol. The molecule has 1 atom stereocenters. The molecule has 0 aliphatic heterocycles. The predicted octanol–water partition coefficient (Wildman–Crippen LogP) is -1.84. The second kappa shape index (κ2) is 8.84. The first-order valence-corrected chi connectivity index (χ1v) is 5.81. The molecule has 0 radical (unpaired) electrons. The molecule has 0 spiro atoms. The molecule has 0 aromatic heterocycles. The van der Waals surface area contributed by atoms with E-state index < -0.39 is 30.4 Å². The average molecular weight is 286 g/mol. The Morgan fingerprint density at radius 2 is 1.75 bits per heavy atom. The van der Waals surface area contributed by atoms with Gasteiger partial charge in [0.1, 0.15) is 0 Å². The van der Waals surface area contributed by atoms with Crippen LogP contribution in [-0.2, 0) is 14.4 Å². The molecule has 9 heteroatoms. The number of nitrogens with two attached hydrogens (primary N) is 1. The number of nitriles is 1. The normalized spacial score (nSPS) is 12.1. The third-order valence-corrected chi connectivity index (χ3v) is 2.50. The summed E-state index contributed by atoms with van der Waals surface area (Å²) in [7, 11) is 0. The van der Waals surface area contributed by atoms with Gasteiger partial charge in [-0.05, 0) is 6.92 Å². The Labute approximate surface area is 116 Å². The number of carboxylic acid groups (broad SMARTS) is 2. The van der Waals surface area contributed by atoms with E-state index in [-0.39, 0.29) is 26.2 Å². The number of carbonyl (C=O) groups excluding carboxylic acids is 1.